The van der Waals surface area contributed by atoms with Crippen molar-refractivity contribution in [3.8, 4) is 23.0 Å². The van der Waals surface area contributed by atoms with Crippen LogP contribution in [0.5, 0.6) is 0 Å². The van der Waals surface area contributed by atoms with Crippen LogP contribution in [-0.2, 0) is 7.05 Å². The summed E-state index contributed by atoms with van der Waals surface area (Å²) in [6.45, 7) is 6.10. The molecule has 104 valence electrons. The minimum Gasteiger partial charge on any atom is -0.332 e. The summed E-state index contributed by atoms with van der Waals surface area (Å²) in [7, 11) is 1.88. The molecule has 3 aromatic heterocycles. The van der Waals surface area contributed by atoms with Gasteiger partial charge in [0.25, 0.3) is 5.89 Å². The summed E-state index contributed by atoms with van der Waals surface area (Å²) in [6.07, 6.45) is 1.90. The molecule has 1 N–H and O–H groups in total. The predicted octanol–water partition coefficient (Wildman–Crippen LogP) is 2.29. The van der Waals surface area contributed by atoms with E-state index in [0.29, 0.717) is 23.3 Å². The van der Waals surface area contributed by atoms with Gasteiger partial charge in [-0.3, -0.25) is 9.78 Å². The van der Waals surface area contributed by atoms with Crippen molar-refractivity contribution in [2.75, 3.05) is 0 Å². The molecule has 7 nitrogen and oxygen atoms in total. The number of hydrogen-bond acceptors (Lipinski definition) is 5. The minimum atomic E-state index is 0.292. The van der Waals surface area contributed by atoms with E-state index in [-0.39, 0.29) is 0 Å². The molecule has 0 saturated heterocycles. The van der Waals surface area contributed by atoms with Crippen LogP contribution in [-0.4, -0.2) is 30.1 Å². The number of H-pyrrole nitrogens is 1. The maximum atomic E-state index is 5.28. The summed E-state index contributed by atoms with van der Waals surface area (Å²) in [5, 5.41) is 15.5. The highest BCUT2D eigenvalue weighted by molar-refractivity contribution is 5.60. The Hall–Kier alpha value is -2.44. The Morgan fingerprint density at radius 2 is 2.15 bits per heavy atom. The SMILES string of the molecule is Cc1cc(-c2nc(-c3cn(C)nc3C(C)C)no2)n[nH]1. The van der Waals surface area contributed by atoms with Crippen LogP contribution in [0.1, 0.15) is 31.2 Å². The molecule has 20 heavy (non-hydrogen) atoms. The van der Waals surface area contributed by atoms with Crippen LogP contribution in [0, 0.1) is 6.92 Å². The van der Waals surface area contributed by atoms with Crippen LogP contribution >= 0.6 is 0 Å². The molecule has 0 aliphatic carbocycles. The molecule has 0 saturated carbocycles. The maximum absolute atomic E-state index is 5.28. The van der Waals surface area contributed by atoms with E-state index in [1.807, 2.05) is 26.2 Å². The first kappa shape index (κ1) is 12.6. The van der Waals surface area contributed by atoms with Gasteiger partial charge < -0.3 is 4.52 Å². The van der Waals surface area contributed by atoms with Gasteiger partial charge in [0.1, 0.15) is 0 Å². The molecule has 0 aliphatic heterocycles. The Kier molecular flexibility index (Phi) is 2.89. The lowest BCUT2D eigenvalue weighted by Crippen LogP contribution is -1.94. The smallest absolute Gasteiger partial charge is 0.278 e. The maximum Gasteiger partial charge on any atom is 0.278 e. The number of nitrogens with one attached hydrogen (secondary N) is 1. The topological polar surface area (TPSA) is 85.4 Å². The lowest BCUT2D eigenvalue weighted by molar-refractivity contribution is 0.431. The zero-order valence-corrected chi connectivity index (χ0v) is 11.9. The third-order valence-corrected chi connectivity index (χ3v) is 3.00. The van der Waals surface area contributed by atoms with E-state index in [1.165, 1.54) is 0 Å². The molecule has 0 unspecified atom stereocenters. The average Bonchev–Trinajstić information content (AvgIpc) is 3.06. The van der Waals surface area contributed by atoms with E-state index in [9.17, 15) is 0 Å². The summed E-state index contributed by atoms with van der Waals surface area (Å²) in [6, 6.07) is 1.86. The van der Waals surface area contributed by atoms with Gasteiger partial charge in [0.15, 0.2) is 5.69 Å². The molecular formula is C13H16N6O. The van der Waals surface area contributed by atoms with Crippen molar-refractivity contribution in [1.29, 1.82) is 0 Å². The standard InChI is InChI=1S/C13H16N6O/c1-7(2)11-9(6-19(4)17-11)12-14-13(20-18-12)10-5-8(3)15-16-10/h5-7H,1-4H3,(H,15,16). The van der Waals surface area contributed by atoms with Crippen LogP contribution < -0.4 is 0 Å². The number of nitrogens with zero attached hydrogens (tertiary/aromatic N) is 5. The fourth-order valence-corrected chi connectivity index (χ4v) is 2.07. The molecule has 3 rings (SSSR count). The Balaban J connectivity index is 2.02. The highest BCUT2D eigenvalue weighted by Gasteiger charge is 2.19. The zero-order valence-electron chi connectivity index (χ0n) is 11.9. The van der Waals surface area contributed by atoms with Gasteiger partial charge in [-0.25, -0.2) is 0 Å². The van der Waals surface area contributed by atoms with Gasteiger partial charge in [-0.15, -0.1) is 0 Å². The fourth-order valence-electron chi connectivity index (χ4n) is 2.07. The van der Waals surface area contributed by atoms with Crippen molar-refractivity contribution in [2.45, 2.75) is 26.7 Å². The van der Waals surface area contributed by atoms with Crippen LogP contribution in [0.2, 0.25) is 0 Å². The van der Waals surface area contributed by atoms with E-state index in [4.69, 9.17) is 4.52 Å². The Morgan fingerprint density at radius 1 is 1.35 bits per heavy atom. The average molecular weight is 272 g/mol. The van der Waals surface area contributed by atoms with Gasteiger partial charge in [0, 0.05) is 18.9 Å². The third kappa shape index (κ3) is 2.11. The molecule has 0 spiro atoms. The summed E-state index contributed by atoms with van der Waals surface area (Å²) >= 11 is 0. The van der Waals surface area contributed by atoms with E-state index in [2.05, 4.69) is 39.3 Å². The number of aromatic amines is 1. The first-order chi connectivity index (χ1) is 9.54. The van der Waals surface area contributed by atoms with Gasteiger partial charge in [-0.2, -0.15) is 15.2 Å². The van der Waals surface area contributed by atoms with Gasteiger partial charge in [0.05, 0.1) is 11.3 Å². The largest absolute Gasteiger partial charge is 0.332 e. The molecule has 0 fully saturated rings. The van der Waals surface area contributed by atoms with Crippen LogP contribution in [0.15, 0.2) is 16.8 Å². The van der Waals surface area contributed by atoms with Crippen LogP contribution in [0.25, 0.3) is 23.0 Å². The number of hydrogen-bond donors (Lipinski definition) is 1. The molecule has 3 aromatic rings. The Morgan fingerprint density at radius 3 is 2.80 bits per heavy atom. The summed E-state index contributed by atoms with van der Waals surface area (Å²) in [4.78, 5) is 4.41. The number of rotatable bonds is 3. The molecule has 7 heteroatoms. The second-order valence-corrected chi connectivity index (χ2v) is 5.12. The fraction of sp³-hybridized carbons (Fsp3) is 0.385. The Labute approximate surface area is 116 Å². The van der Waals surface area contributed by atoms with Crippen LogP contribution in [0.3, 0.4) is 0 Å². The van der Waals surface area contributed by atoms with E-state index in [1.54, 1.807) is 4.68 Å². The molecule has 0 bridgehead atoms. The van der Waals surface area contributed by atoms with Gasteiger partial charge in [-0.1, -0.05) is 19.0 Å². The molecule has 0 radical (unpaired) electrons. The summed E-state index contributed by atoms with van der Waals surface area (Å²) in [5.74, 6) is 1.24. The van der Waals surface area contributed by atoms with Crippen molar-refractivity contribution in [2.24, 2.45) is 7.05 Å². The van der Waals surface area contributed by atoms with Crippen molar-refractivity contribution in [3.05, 3.63) is 23.7 Å². The highest BCUT2D eigenvalue weighted by Crippen LogP contribution is 2.27. The molecule has 0 aromatic carbocycles. The normalized spacial score (nSPS) is 11.4. The minimum absolute atomic E-state index is 0.292. The van der Waals surface area contributed by atoms with Crippen molar-refractivity contribution < 1.29 is 4.52 Å². The van der Waals surface area contributed by atoms with Crippen molar-refractivity contribution in [3.63, 3.8) is 0 Å². The highest BCUT2D eigenvalue weighted by atomic mass is 16.5. The van der Waals surface area contributed by atoms with Gasteiger partial charge in [-0.05, 0) is 18.9 Å². The molecular weight excluding hydrogens is 256 g/mol. The molecule has 3 heterocycles. The summed E-state index contributed by atoms with van der Waals surface area (Å²) in [5.41, 5.74) is 3.45. The first-order valence-corrected chi connectivity index (χ1v) is 6.44. The van der Waals surface area contributed by atoms with Crippen molar-refractivity contribution in [1.82, 2.24) is 30.1 Å². The monoisotopic (exact) mass is 272 g/mol. The van der Waals surface area contributed by atoms with E-state index >= 15 is 0 Å². The van der Waals surface area contributed by atoms with Gasteiger partial charge >= 0.3 is 0 Å². The zero-order chi connectivity index (χ0) is 14.3. The molecule has 0 amide bonds. The predicted molar refractivity (Wildman–Crippen MR) is 72.9 cm³/mol. The summed E-state index contributed by atoms with van der Waals surface area (Å²) < 4.78 is 7.05. The number of aromatic nitrogens is 6. The van der Waals surface area contributed by atoms with Crippen molar-refractivity contribution >= 4 is 0 Å². The third-order valence-electron chi connectivity index (χ3n) is 3.00. The van der Waals surface area contributed by atoms with E-state index in [0.717, 1.165) is 17.0 Å². The first-order valence-electron chi connectivity index (χ1n) is 6.44. The lowest BCUT2D eigenvalue weighted by atomic mass is 10.1. The quantitative estimate of drug-likeness (QED) is 0.790. The Bertz CT molecular complexity index is 736. The number of aryl methyl sites for hydroxylation is 2. The second kappa shape index (κ2) is 4.59. The van der Waals surface area contributed by atoms with Crippen LogP contribution in [0.4, 0.5) is 0 Å². The second-order valence-electron chi connectivity index (χ2n) is 5.12. The molecule has 0 atom stereocenters. The van der Waals surface area contributed by atoms with Gasteiger partial charge in [0.2, 0.25) is 5.82 Å². The molecule has 0 aliphatic rings. The lowest BCUT2D eigenvalue weighted by Gasteiger charge is -2.00. The van der Waals surface area contributed by atoms with E-state index < -0.39 is 0 Å².